The van der Waals surface area contributed by atoms with Gasteiger partial charge >= 0.3 is 5.97 Å². The van der Waals surface area contributed by atoms with Crippen LogP contribution in [0.3, 0.4) is 0 Å². The van der Waals surface area contributed by atoms with Crippen LogP contribution in [0, 0.1) is 17.8 Å². The largest absolute Gasteiger partial charge is 0.466 e. The molecule has 3 heterocycles. The maximum atomic E-state index is 15.0. The van der Waals surface area contributed by atoms with Crippen molar-refractivity contribution in [1.29, 1.82) is 0 Å². The number of esters is 1. The molecule has 3 fully saturated rings. The van der Waals surface area contributed by atoms with Crippen LogP contribution in [-0.2, 0) is 30.3 Å². The first-order chi connectivity index (χ1) is 21.2. The van der Waals surface area contributed by atoms with Gasteiger partial charge in [0.15, 0.2) is 0 Å². The number of hydrogen-bond donors (Lipinski definition) is 1. The van der Waals surface area contributed by atoms with Gasteiger partial charge in [-0.15, -0.1) is 6.58 Å². The Morgan fingerprint density at radius 3 is 2.52 bits per heavy atom. The van der Waals surface area contributed by atoms with Gasteiger partial charge < -0.3 is 24.4 Å². The third-order valence-corrected chi connectivity index (χ3v) is 10.1. The summed E-state index contributed by atoms with van der Waals surface area (Å²) in [5.41, 5.74) is -0.652. The Kier molecular flexibility index (Phi) is 7.84. The lowest BCUT2D eigenvalue weighted by atomic mass is 9.62. The van der Waals surface area contributed by atoms with Crippen molar-refractivity contribution in [3.63, 3.8) is 0 Å². The topological polar surface area (TPSA) is 96.4 Å². The van der Waals surface area contributed by atoms with Crippen molar-refractivity contribution in [1.82, 2.24) is 4.90 Å². The standard InChI is InChI=1S/C36H40N2O6/c1-5-18-37(27-17-16-25-14-10-11-15-26(25)20-27)33(41)31-36-21-23(3)35(4,44-36)30(34(42)43-6-2)29(36)32(40)38(31)28(22-39)19-24-12-8-7-9-13-24/h5,7-17,20,23,28-31,39H,1,6,18-19,21-22H2,2-4H3/t23?,28-,29+,30+,31?,35-,36?/m1/s1. The van der Waals surface area contributed by atoms with Gasteiger partial charge in [-0.2, -0.15) is 0 Å². The number of benzene rings is 3. The molecule has 3 unspecified atom stereocenters. The number of rotatable bonds is 10. The van der Waals surface area contributed by atoms with Crippen molar-refractivity contribution in [3.8, 4) is 0 Å². The van der Waals surface area contributed by atoms with E-state index >= 15 is 4.79 Å². The molecule has 8 heteroatoms. The summed E-state index contributed by atoms with van der Waals surface area (Å²) in [6.07, 6.45) is 2.42. The first-order valence-electron chi connectivity index (χ1n) is 15.4. The lowest BCUT2D eigenvalue weighted by molar-refractivity contribution is -0.162. The molecule has 0 aliphatic carbocycles. The predicted molar refractivity (Wildman–Crippen MR) is 168 cm³/mol. The number of carbonyl (C=O) groups excluding carboxylic acids is 3. The van der Waals surface area contributed by atoms with Crippen molar-refractivity contribution in [2.24, 2.45) is 17.8 Å². The molecule has 2 amide bonds. The summed E-state index contributed by atoms with van der Waals surface area (Å²) in [5.74, 6) is -3.08. The number of hydrogen-bond acceptors (Lipinski definition) is 6. The average molecular weight is 597 g/mol. The van der Waals surface area contributed by atoms with Crippen LogP contribution in [0.15, 0.2) is 85.5 Å². The van der Waals surface area contributed by atoms with Gasteiger partial charge in [-0.25, -0.2) is 0 Å². The summed E-state index contributed by atoms with van der Waals surface area (Å²) in [7, 11) is 0. The van der Waals surface area contributed by atoms with Crippen molar-refractivity contribution in [3.05, 3.63) is 91.0 Å². The smallest absolute Gasteiger partial charge is 0.312 e. The number of nitrogens with zero attached hydrogens (tertiary/aromatic N) is 2. The number of anilines is 1. The van der Waals surface area contributed by atoms with Crippen LogP contribution in [0.4, 0.5) is 5.69 Å². The molecule has 44 heavy (non-hydrogen) atoms. The molecule has 3 aromatic rings. The minimum atomic E-state index is -1.26. The van der Waals surface area contributed by atoms with Gasteiger partial charge in [0.25, 0.3) is 5.91 Å². The van der Waals surface area contributed by atoms with Crippen LogP contribution in [-0.4, -0.2) is 70.8 Å². The van der Waals surface area contributed by atoms with Gasteiger partial charge in [0.05, 0.1) is 30.8 Å². The van der Waals surface area contributed by atoms with E-state index in [9.17, 15) is 14.7 Å². The van der Waals surface area contributed by atoms with Gasteiger partial charge in [-0.3, -0.25) is 14.4 Å². The van der Waals surface area contributed by atoms with Gasteiger partial charge in [0.1, 0.15) is 17.6 Å². The molecule has 0 radical (unpaired) electrons. The molecule has 2 bridgehead atoms. The summed E-state index contributed by atoms with van der Waals surface area (Å²) >= 11 is 0. The zero-order valence-electron chi connectivity index (χ0n) is 25.5. The van der Waals surface area contributed by atoms with E-state index in [2.05, 4.69) is 6.58 Å². The first-order valence-corrected chi connectivity index (χ1v) is 15.4. The Bertz CT molecular complexity index is 1590. The molecule has 3 aromatic carbocycles. The summed E-state index contributed by atoms with van der Waals surface area (Å²) in [5, 5.41) is 12.8. The minimum absolute atomic E-state index is 0.119. The third-order valence-electron chi connectivity index (χ3n) is 10.1. The number of fused-ring (bicyclic) bond motifs is 2. The maximum Gasteiger partial charge on any atom is 0.312 e. The molecule has 3 saturated heterocycles. The molecule has 7 atom stereocenters. The maximum absolute atomic E-state index is 15.0. The van der Waals surface area contributed by atoms with Crippen molar-refractivity contribution in [2.45, 2.75) is 56.9 Å². The second-order valence-corrected chi connectivity index (χ2v) is 12.5. The highest BCUT2D eigenvalue weighted by atomic mass is 16.6. The molecule has 1 N–H and O–H groups in total. The lowest BCUT2D eigenvalue weighted by Crippen LogP contribution is -2.59. The predicted octanol–water partition coefficient (Wildman–Crippen LogP) is 4.54. The highest BCUT2D eigenvalue weighted by Gasteiger charge is 2.80. The van der Waals surface area contributed by atoms with E-state index in [1.54, 1.807) is 17.9 Å². The fourth-order valence-corrected chi connectivity index (χ4v) is 8.02. The Morgan fingerprint density at radius 2 is 1.84 bits per heavy atom. The number of carbonyl (C=O) groups is 3. The van der Waals surface area contributed by atoms with Crippen LogP contribution < -0.4 is 4.90 Å². The number of amides is 2. The first kappa shape index (κ1) is 30.0. The highest BCUT2D eigenvalue weighted by Crippen LogP contribution is 2.65. The van der Waals surface area contributed by atoms with Crippen LogP contribution in [0.2, 0.25) is 0 Å². The SMILES string of the molecule is C=CCN(C(=O)C1N([C@@H](CO)Cc2ccccc2)C(=O)[C@@H]2[C@@H](C(=O)OCC)[C@]3(C)OC12CC3C)c1ccc2ccccc2c1. The monoisotopic (exact) mass is 596 g/mol. The Morgan fingerprint density at radius 1 is 1.14 bits per heavy atom. The fourth-order valence-electron chi connectivity index (χ4n) is 8.02. The van der Waals surface area contributed by atoms with E-state index in [-0.39, 0.29) is 37.5 Å². The van der Waals surface area contributed by atoms with E-state index in [4.69, 9.17) is 9.47 Å². The second kappa shape index (κ2) is 11.5. The van der Waals surface area contributed by atoms with Crippen molar-refractivity contribution >= 4 is 34.2 Å². The van der Waals surface area contributed by atoms with Gasteiger partial charge in [0, 0.05) is 12.2 Å². The molecule has 230 valence electrons. The summed E-state index contributed by atoms with van der Waals surface area (Å²) in [6.45, 7) is 9.54. The van der Waals surface area contributed by atoms with Crippen LogP contribution in [0.25, 0.3) is 10.8 Å². The van der Waals surface area contributed by atoms with Gasteiger partial charge in [-0.1, -0.05) is 73.7 Å². The molecule has 0 saturated carbocycles. The number of ether oxygens (including phenoxy) is 2. The fraction of sp³-hybridized carbons (Fsp3) is 0.417. The average Bonchev–Trinajstić information content (AvgIpc) is 3.55. The number of aliphatic hydroxyl groups excluding tert-OH is 1. The summed E-state index contributed by atoms with van der Waals surface area (Å²) in [6, 6.07) is 21.5. The highest BCUT2D eigenvalue weighted by molar-refractivity contribution is 6.06. The van der Waals surface area contributed by atoms with Crippen molar-refractivity contribution in [2.75, 3.05) is 24.7 Å². The van der Waals surface area contributed by atoms with Crippen LogP contribution in [0.1, 0.15) is 32.8 Å². The molecule has 6 rings (SSSR count). The normalized spacial score (nSPS) is 29.5. The summed E-state index contributed by atoms with van der Waals surface area (Å²) in [4.78, 5) is 46.4. The Hall–Kier alpha value is -4.01. The zero-order chi connectivity index (χ0) is 31.2. The minimum Gasteiger partial charge on any atom is -0.466 e. The lowest BCUT2D eigenvalue weighted by Gasteiger charge is -2.39. The van der Waals surface area contributed by atoms with E-state index in [0.717, 1.165) is 16.3 Å². The molecule has 8 nitrogen and oxygen atoms in total. The molecular weight excluding hydrogens is 556 g/mol. The van der Waals surface area contributed by atoms with E-state index in [1.165, 1.54) is 4.90 Å². The number of likely N-dealkylation sites (tertiary alicyclic amines) is 1. The van der Waals surface area contributed by atoms with Crippen LogP contribution in [0.5, 0.6) is 0 Å². The van der Waals surface area contributed by atoms with Crippen molar-refractivity contribution < 1.29 is 29.0 Å². The van der Waals surface area contributed by atoms with Gasteiger partial charge in [0.2, 0.25) is 5.91 Å². The Labute approximate surface area is 258 Å². The summed E-state index contributed by atoms with van der Waals surface area (Å²) < 4.78 is 12.4. The van der Waals surface area contributed by atoms with Crippen LogP contribution >= 0.6 is 0 Å². The molecule has 3 aliphatic heterocycles. The van der Waals surface area contributed by atoms with Gasteiger partial charge in [-0.05, 0) is 61.1 Å². The third kappa shape index (κ3) is 4.54. The van der Waals surface area contributed by atoms with E-state index in [0.29, 0.717) is 18.5 Å². The number of aliphatic hydroxyl groups is 1. The second-order valence-electron chi connectivity index (χ2n) is 12.5. The van der Waals surface area contributed by atoms with E-state index in [1.807, 2.05) is 86.6 Å². The molecule has 1 spiro atoms. The zero-order valence-corrected chi connectivity index (χ0v) is 25.5. The van der Waals surface area contributed by atoms with E-state index < -0.39 is 41.1 Å². The molecular formula is C36H40N2O6. The molecule has 3 aliphatic rings. The quantitative estimate of drug-likeness (QED) is 0.273. The Balaban J connectivity index is 1.49. The molecule has 0 aromatic heterocycles.